The lowest BCUT2D eigenvalue weighted by atomic mass is 9.93. The molecule has 1 atom stereocenters. The van der Waals surface area contributed by atoms with Crippen molar-refractivity contribution in [3.8, 4) is 0 Å². The molecule has 0 aliphatic carbocycles. The number of nitrogens with one attached hydrogen (secondary N) is 2. The van der Waals surface area contributed by atoms with Gasteiger partial charge in [0.25, 0.3) is 11.8 Å². The van der Waals surface area contributed by atoms with E-state index in [9.17, 15) is 9.59 Å². The monoisotopic (exact) mass is 311 g/mol. The van der Waals surface area contributed by atoms with Gasteiger partial charge in [-0.15, -0.1) is 0 Å². The number of fused-ring (bicyclic) bond motifs is 1. The lowest BCUT2D eigenvalue weighted by molar-refractivity contribution is 0.0566. The number of furan rings is 1. The summed E-state index contributed by atoms with van der Waals surface area (Å²) in [7, 11) is 0. The van der Waals surface area contributed by atoms with Crippen LogP contribution >= 0.6 is 0 Å². The first-order valence-electron chi connectivity index (χ1n) is 7.69. The van der Waals surface area contributed by atoms with Gasteiger partial charge >= 0.3 is 0 Å². The van der Waals surface area contributed by atoms with Crippen molar-refractivity contribution in [2.45, 2.75) is 18.5 Å². The molecule has 118 valence electrons. The molecular formula is C17H17N3O3. The summed E-state index contributed by atoms with van der Waals surface area (Å²) in [6, 6.07) is 10.8. The van der Waals surface area contributed by atoms with Gasteiger partial charge in [0.05, 0.1) is 18.4 Å². The molecule has 0 radical (unpaired) electrons. The van der Waals surface area contributed by atoms with E-state index in [4.69, 9.17) is 4.42 Å². The van der Waals surface area contributed by atoms with Crippen molar-refractivity contribution in [1.29, 1.82) is 0 Å². The van der Waals surface area contributed by atoms with Crippen LogP contribution < -0.4 is 10.6 Å². The molecule has 2 aliphatic rings. The number of carbonyl (C=O) groups excluding carboxylic acids is 2. The molecule has 1 unspecified atom stereocenters. The smallest absolute Gasteiger partial charge is 0.289 e. The van der Waals surface area contributed by atoms with E-state index in [0.29, 0.717) is 24.4 Å². The SMILES string of the molecule is O=C1NC2(CCCN(C(=O)c3ccco3)C2)Nc2ccccc21. The van der Waals surface area contributed by atoms with Crippen molar-refractivity contribution >= 4 is 17.5 Å². The number of carbonyl (C=O) groups is 2. The van der Waals surface area contributed by atoms with Crippen LogP contribution in [-0.2, 0) is 0 Å². The van der Waals surface area contributed by atoms with Crippen LogP contribution in [0.4, 0.5) is 5.69 Å². The third-order valence-corrected chi connectivity index (χ3v) is 4.41. The number of anilines is 1. The van der Waals surface area contributed by atoms with E-state index in [1.807, 2.05) is 18.2 Å². The van der Waals surface area contributed by atoms with Crippen molar-refractivity contribution in [1.82, 2.24) is 10.2 Å². The fourth-order valence-corrected chi connectivity index (χ4v) is 3.35. The average Bonchev–Trinajstić information content (AvgIpc) is 3.08. The normalized spacial score (nSPS) is 23.1. The van der Waals surface area contributed by atoms with E-state index in [1.165, 1.54) is 6.26 Å². The van der Waals surface area contributed by atoms with E-state index in [-0.39, 0.29) is 11.8 Å². The van der Waals surface area contributed by atoms with Gasteiger partial charge in [-0.3, -0.25) is 9.59 Å². The van der Waals surface area contributed by atoms with Crippen LogP contribution in [-0.4, -0.2) is 35.5 Å². The Morgan fingerprint density at radius 2 is 2.04 bits per heavy atom. The fourth-order valence-electron chi connectivity index (χ4n) is 3.35. The summed E-state index contributed by atoms with van der Waals surface area (Å²) in [5, 5.41) is 6.46. The minimum absolute atomic E-state index is 0.105. The van der Waals surface area contributed by atoms with E-state index in [0.717, 1.165) is 18.5 Å². The summed E-state index contributed by atoms with van der Waals surface area (Å²) in [4.78, 5) is 26.6. The molecule has 0 saturated carbocycles. The zero-order valence-electron chi connectivity index (χ0n) is 12.5. The van der Waals surface area contributed by atoms with Crippen LogP contribution in [0, 0.1) is 0 Å². The third-order valence-electron chi connectivity index (χ3n) is 4.41. The summed E-state index contributed by atoms with van der Waals surface area (Å²) in [6.07, 6.45) is 3.07. The van der Waals surface area contributed by atoms with Gasteiger partial charge < -0.3 is 20.0 Å². The van der Waals surface area contributed by atoms with Gasteiger partial charge in [0.15, 0.2) is 5.76 Å². The fraction of sp³-hybridized carbons (Fsp3) is 0.294. The topological polar surface area (TPSA) is 74.6 Å². The number of benzene rings is 1. The van der Waals surface area contributed by atoms with Gasteiger partial charge in [-0.25, -0.2) is 0 Å². The number of nitrogens with zero attached hydrogens (tertiary/aromatic N) is 1. The molecule has 1 spiro atoms. The lowest BCUT2D eigenvalue weighted by Crippen LogP contribution is -2.66. The van der Waals surface area contributed by atoms with E-state index < -0.39 is 5.66 Å². The zero-order valence-corrected chi connectivity index (χ0v) is 12.5. The number of likely N-dealkylation sites (tertiary alicyclic amines) is 1. The highest BCUT2D eigenvalue weighted by molar-refractivity contribution is 6.02. The molecule has 1 saturated heterocycles. The number of hydrogen-bond donors (Lipinski definition) is 2. The van der Waals surface area contributed by atoms with Gasteiger partial charge in [0.1, 0.15) is 5.66 Å². The molecular weight excluding hydrogens is 294 g/mol. The van der Waals surface area contributed by atoms with Gasteiger partial charge in [-0.2, -0.15) is 0 Å². The Kier molecular flexibility index (Phi) is 3.11. The van der Waals surface area contributed by atoms with Gasteiger partial charge in [-0.1, -0.05) is 12.1 Å². The maximum atomic E-state index is 12.5. The second-order valence-electron chi connectivity index (χ2n) is 6.01. The molecule has 1 aromatic heterocycles. The molecule has 2 N–H and O–H groups in total. The van der Waals surface area contributed by atoms with Crippen LogP contribution in [0.5, 0.6) is 0 Å². The van der Waals surface area contributed by atoms with Crippen LogP contribution in [0.1, 0.15) is 33.8 Å². The predicted octanol–water partition coefficient (Wildman–Crippen LogP) is 2.07. The first-order chi connectivity index (χ1) is 11.2. The molecule has 6 nitrogen and oxygen atoms in total. The number of piperidine rings is 1. The first kappa shape index (κ1) is 13.9. The highest BCUT2D eigenvalue weighted by Gasteiger charge is 2.42. The van der Waals surface area contributed by atoms with Crippen molar-refractivity contribution in [2.75, 3.05) is 18.4 Å². The number of amides is 2. The Bertz CT molecular complexity index is 756. The lowest BCUT2D eigenvalue weighted by Gasteiger charge is -2.46. The molecule has 4 rings (SSSR count). The largest absolute Gasteiger partial charge is 0.459 e. The number of para-hydroxylation sites is 1. The first-order valence-corrected chi connectivity index (χ1v) is 7.69. The molecule has 0 bridgehead atoms. The van der Waals surface area contributed by atoms with Crippen LogP contribution in [0.3, 0.4) is 0 Å². The number of rotatable bonds is 1. The average molecular weight is 311 g/mol. The molecule has 3 heterocycles. The minimum atomic E-state index is -0.619. The number of hydrogen-bond acceptors (Lipinski definition) is 4. The van der Waals surface area contributed by atoms with Gasteiger partial charge in [0, 0.05) is 12.2 Å². The van der Waals surface area contributed by atoms with E-state index in [2.05, 4.69) is 10.6 Å². The summed E-state index contributed by atoms with van der Waals surface area (Å²) in [6.45, 7) is 1.06. The Balaban J connectivity index is 1.60. The molecule has 2 aliphatic heterocycles. The van der Waals surface area contributed by atoms with Crippen molar-refractivity contribution < 1.29 is 14.0 Å². The predicted molar refractivity (Wildman–Crippen MR) is 84.1 cm³/mol. The van der Waals surface area contributed by atoms with Crippen LogP contribution in [0.15, 0.2) is 47.1 Å². The Morgan fingerprint density at radius 1 is 1.17 bits per heavy atom. The van der Waals surface area contributed by atoms with Gasteiger partial charge in [-0.05, 0) is 37.1 Å². The molecule has 6 heteroatoms. The van der Waals surface area contributed by atoms with E-state index >= 15 is 0 Å². The van der Waals surface area contributed by atoms with E-state index in [1.54, 1.807) is 23.1 Å². The minimum Gasteiger partial charge on any atom is -0.459 e. The molecule has 1 aromatic carbocycles. The second kappa shape index (κ2) is 5.15. The highest BCUT2D eigenvalue weighted by Crippen LogP contribution is 2.30. The third kappa shape index (κ3) is 2.36. The summed E-state index contributed by atoms with van der Waals surface area (Å²) in [5.41, 5.74) is 0.822. The molecule has 23 heavy (non-hydrogen) atoms. The van der Waals surface area contributed by atoms with Crippen molar-refractivity contribution in [3.05, 3.63) is 54.0 Å². The summed E-state index contributed by atoms with van der Waals surface area (Å²) in [5.74, 6) is 0.0696. The van der Waals surface area contributed by atoms with Gasteiger partial charge in [0.2, 0.25) is 0 Å². The quantitative estimate of drug-likeness (QED) is 0.845. The van der Waals surface area contributed by atoms with Crippen LogP contribution in [0.2, 0.25) is 0 Å². The highest BCUT2D eigenvalue weighted by atomic mass is 16.3. The zero-order chi connectivity index (χ0) is 15.9. The molecule has 2 aromatic rings. The maximum absolute atomic E-state index is 12.5. The standard InChI is InChI=1S/C17H17N3O3/c21-15-12-5-1-2-6-13(12)18-17(19-15)8-4-9-20(11-17)16(22)14-7-3-10-23-14/h1-3,5-7,10,18H,4,8-9,11H2,(H,19,21). The second-order valence-corrected chi connectivity index (χ2v) is 6.01. The maximum Gasteiger partial charge on any atom is 0.289 e. The van der Waals surface area contributed by atoms with Crippen molar-refractivity contribution in [2.24, 2.45) is 0 Å². The Hall–Kier alpha value is -2.76. The molecule has 2 amide bonds. The Labute approximate surface area is 133 Å². The Morgan fingerprint density at radius 3 is 2.87 bits per heavy atom. The van der Waals surface area contributed by atoms with Crippen LogP contribution in [0.25, 0.3) is 0 Å². The van der Waals surface area contributed by atoms with Crippen molar-refractivity contribution in [3.63, 3.8) is 0 Å². The summed E-state index contributed by atoms with van der Waals surface area (Å²) >= 11 is 0. The summed E-state index contributed by atoms with van der Waals surface area (Å²) < 4.78 is 5.20. The molecule has 1 fully saturated rings.